The lowest BCUT2D eigenvalue weighted by Gasteiger charge is -2.05. The zero-order chi connectivity index (χ0) is 10.7. The molecule has 1 heterocycles. The van der Waals surface area contributed by atoms with Gasteiger partial charge < -0.3 is 4.57 Å². The summed E-state index contributed by atoms with van der Waals surface area (Å²) >= 11 is 0. The minimum absolute atomic E-state index is 0.309. The van der Waals surface area contributed by atoms with E-state index in [1.807, 2.05) is 29.1 Å². The minimum Gasteiger partial charge on any atom is -0.350 e. The van der Waals surface area contributed by atoms with Crippen molar-refractivity contribution in [2.45, 2.75) is 6.54 Å². The molecule has 0 aliphatic heterocycles. The molecule has 0 aliphatic carbocycles. The lowest BCUT2D eigenvalue weighted by atomic mass is 10.1. The van der Waals surface area contributed by atoms with E-state index in [9.17, 15) is 4.39 Å². The summed E-state index contributed by atoms with van der Waals surface area (Å²) in [4.78, 5) is 0. The van der Waals surface area contributed by atoms with Gasteiger partial charge in [-0.15, -0.1) is 0 Å². The number of hydrogen-bond acceptors (Lipinski definition) is 1. The maximum atomic E-state index is 13.0. The van der Waals surface area contributed by atoms with Crippen molar-refractivity contribution in [2.24, 2.45) is 0 Å². The highest BCUT2D eigenvalue weighted by molar-refractivity contribution is 5.38. The Morgan fingerprint density at radius 3 is 2.67 bits per heavy atom. The summed E-state index contributed by atoms with van der Waals surface area (Å²) in [5.41, 5.74) is 1.22. The van der Waals surface area contributed by atoms with Crippen LogP contribution in [0.3, 0.4) is 0 Å². The maximum Gasteiger partial charge on any atom is 0.123 e. The van der Waals surface area contributed by atoms with Crippen molar-refractivity contribution >= 4 is 0 Å². The van der Waals surface area contributed by atoms with Gasteiger partial charge in [0.25, 0.3) is 0 Å². The number of benzene rings is 1. The second-order valence-electron chi connectivity index (χ2n) is 3.27. The van der Waals surface area contributed by atoms with Gasteiger partial charge in [-0.25, -0.2) is 4.39 Å². The molecule has 1 aromatic heterocycles. The van der Waals surface area contributed by atoms with Crippen LogP contribution in [0.4, 0.5) is 4.39 Å². The Morgan fingerprint density at radius 2 is 2.00 bits per heavy atom. The van der Waals surface area contributed by atoms with E-state index in [4.69, 9.17) is 5.26 Å². The van der Waals surface area contributed by atoms with Crippen molar-refractivity contribution in [3.63, 3.8) is 0 Å². The molecule has 0 amide bonds. The highest BCUT2D eigenvalue weighted by atomic mass is 19.1. The zero-order valence-corrected chi connectivity index (χ0v) is 8.02. The van der Waals surface area contributed by atoms with Crippen molar-refractivity contribution in [3.05, 3.63) is 59.7 Å². The van der Waals surface area contributed by atoms with E-state index in [0.717, 1.165) is 0 Å². The van der Waals surface area contributed by atoms with E-state index in [1.54, 1.807) is 0 Å². The molecule has 0 atom stereocenters. The summed E-state index contributed by atoms with van der Waals surface area (Å²) in [5, 5.41) is 8.86. The third-order valence-corrected chi connectivity index (χ3v) is 2.21. The predicted molar refractivity (Wildman–Crippen MR) is 54.6 cm³/mol. The number of nitriles is 1. The van der Waals surface area contributed by atoms with Crippen LogP contribution in [0.25, 0.3) is 0 Å². The van der Waals surface area contributed by atoms with Gasteiger partial charge in [0, 0.05) is 18.9 Å². The molecule has 0 spiro atoms. The fourth-order valence-corrected chi connectivity index (χ4v) is 1.47. The van der Waals surface area contributed by atoms with Crippen molar-refractivity contribution in [2.75, 3.05) is 0 Å². The molecule has 2 rings (SSSR count). The first kappa shape index (κ1) is 9.47. The monoisotopic (exact) mass is 200 g/mol. The smallest absolute Gasteiger partial charge is 0.123 e. The summed E-state index contributed by atoms with van der Waals surface area (Å²) in [6, 6.07) is 10.1. The van der Waals surface area contributed by atoms with E-state index in [2.05, 4.69) is 6.07 Å². The Labute approximate surface area is 87.2 Å². The Kier molecular flexibility index (Phi) is 2.51. The van der Waals surface area contributed by atoms with Crippen LogP contribution in [0.2, 0.25) is 0 Å². The third kappa shape index (κ3) is 2.05. The molecule has 0 unspecified atom stereocenters. The van der Waals surface area contributed by atoms with Gasteiger partial charge in [-0.05, 0) is 35.9 Å². The van der Waals surface area contributed by atoms with E-state index in [0.29, 0.717) is 17.7 Å². The first-order valence-corrected chi connectivity index (χ1v) is 4.59. The molecule has 0 aliphatic rings. The van der Waals surface area contributed by atoms with Gasteiger partial charge in [-0.3, -0.25) is 0 Å². The third-order valence-electron chi connectivity index (χ3n) is 2.21. The summed E-state index contributed by atoms with van der Waals surface area (Å²) in [6.07, 6.45) is 3.76. The normalized spacial score (nSPS) is 9.87. The maximum absolute atomic E-state index is 13.0. The quantitative estimate of drug-likeness (QED) is 0.732. The lowest BCUT2D eigenvalue weighted by Crippen LogP contribution is -1.99. The Bertz CT molecular complexity index is 495. The Balaban J connectivity index is 2.35. The highest BCUT2D eigenvalue weighted by Crippen LogP contribution is 2.12. The molecule has 0 N–H and O–H groups in total. The van der Waals surface area contributed by atoms with Crippen molar-refractivity contribution in [1.29, 1.82) is 5.26 Å². The van der Waals surface area contributed by atoms with Gasteiger partial charge in [-0.2, -0.15) is 5.26 Å². The number of aromatic nitrogens is 1. The Hall–Kier alpha value is -2.08. The number of rotatable bonds is 2. The van der Waals surface area contributed by atoms with Crippen molar-refractivity contribution in [3.8, 4) is 6.07 Å². The number of hydrogen-bond donors (Lipinski definition) is 0. The van der Waals surface area contributed by atoms with Crippen molar-refractivity contribution in [1.82, 2.24) is 4.57 Å². The van der Waals surface area contributed by atoms with Crippen LogP contribution in [-0.2, 0) is 6.54 Å². The molecule has 0 fully saturated rings. The molecule has 2 aromatic rings. The summed E-state index contributed by atoms with van der Waals surface area (Å²) in [6.45, 7) is 0.521. The van der Waals surface area contributed by atoms with Crippen LogP contribution < -0.4 is 0 Å². The van der Waals surface area contributed by atoms with Crippen LogP contribution in [0, 0.1) is 17.1 Å². The molecule has 15 heavy (non-hydrogen) atoms. The molecule has 74 valence electrons. The van der Waals surface area contributed by atoms with Gasteiger partial charge in [0.2, 0.25) is 0 Å². The second-order valence-corrected chi connectivity index (χ2v) is 3.27. The molecular weight excluding hydrogens is 191 g/mol. The molecule has 1 aromatic carbocycles. The fourth-order valence-electron chi connectivity index (χ4n) is 1.47. The fraction of sp³-hybridized carbons (Fsp3) is 0.0833. The average molecular weight is 200 g/mol. The molecule has 0 saturated carbocycles. The van der Waals surface area contributed by atoms with E-state index >= 15 is 0 Å². The van der Waals surface area contributed by atoms with Crippen LogP contribution >= 0.6 is 0 Å². The number of nitrogens with zero attached hydrogens (tertiary/aromatic N) is 2. The van der Waals surface area contributed by atoms with E-state index < -0.39 is 0 Å². The first-order chi connectivity index (χ1) is 7.29. The SMILES string of the molecule is N#Cc1ccc(F)cc1Cn1cccc1. The summed E-state index contributed by atoms with van der Waals surface area (Å²) in [7, 11) is 0. The van der Waals surface area contributed by atoms with Crippen LogP contribution in [0.5, 0.6) is 0 Å². The average Bonchev–Trinajstić information content (AvgIpc) is 2.71. The predicted octanol–water partition coefficient (Wildman–Crippen LogP) is 2.55. The molecule has 0 saturated heterocycles. The first-order valence-electron chi connectivity index (χ1n) is 4.59. The zero-order valence-electron chi connectivity index (χ0n) is 8.02. The van der Waals surface area contributed by atoms with Gasteiger partial charge in [0.1, 0.15) is 5.82 Å². The second kappa shape index (κ2) is 3.97. The van der Waals surface area contributed by atoms with Crippen LogP contribution in [0.1, 0.15) is 11.1 Å². The molecule has 3 heteroatoms. The summed E-state index contributed by atoms with van der Waals surface area (Å²) in [5.74, 6) is -0.309. The molecule has 0 bridgehead atoms. The lowest BCUT2D eigenvalue weighted by molar-refractivity contribution is 0.623. The molecule has 2 nitrogen and oxygen atoms in total. The van der Waals surface area contributed by atoms with Crippen LogP contribution in [-0.4, -0.2) is 4.57 Å². The standard InChI is InChI=1S/C12H9FN2/c13-12-4-3-10(8-14)11(7-12)9-15-5-1-2-6-15/h1-7H,9H2. The summed E-state index contributed by atoms with van der Waals surface area (Å²) < 4.78 is 14.9. The van der Waals surface area contributed by atoms with Crippen LogP contribution in [0.15, 0.2) is 42.7 Å². The largest absolute Gasteiger partial charge is 0.350 e. The van der Waals surface area contributed by atoms with Crippen molar-refractivity contribution < 1.29 is 4.39 Å². The van der Waals surface area contributed by atoms with E-state index in [-0.39, 0.29) is 5.82 Å². The molecular formula is C12H9FN2. The van der Waals surface area contributed by atoms with Gasteiger partial charge in [-0.1, -0.05) is 0 Å². The topological polar surface area (TPSA) is 28.7 Å². The van der Waals surface area contributed by atoms with Gasteiger partial charge in [0.05, 0.1) is 11.6 Å². The highest BCUT2D eigenvalue weighted by Gasteiger charge is 2.03. The minimum atomic E-state index is -0.309. The Morgan fingerprint density at radius 1 is 1.27 bits per heavy atom. The molecule has 0 radical (unpaired) electrons. The van der Waals surface area contributed by atoms with Gasteiger partial charge >= 0.3 is 0 Å². The van der Waals surface area contributed by atoms with E-state index in [1.165, 1.54) is 18.2 Å². The van der Waals surface area contributed by atoms with Gasteiger partial charge in [0.15, 0.2) is 0 Å². The number of halogens is 1.